The lowest BCUT2D eigenvalue weighted by molar-refractivity contribution is 0.0462. The van der Waals surface area contributed by atoms with Crippen LogP contribution < -0.4 is 5.32 Å². The molecule has 0 aromatic heterocycles. The zero-order valence-electron chi connectivity index (χ0n) is 11.6. The van der Waals surface area contributed by atoms with Crippen molar-refractivity contribution in [3.05, 3.63) is 0 Å². The Hall–Kier alpha value is -1.17. The van der Waals surface area contributed by atoms with E-state index in [2.05, 4.69) is 5.32 Å². The molecular weight excluding hydrogens is 272 g/mol. The molecule has 1 atom stereocenters. The average Bonchev–Trinajstić information content (AvgIpc) is 2.27. The van der Waals surface area contributed by atoms with Gasteiger partial charge in [-0.25, -0.2) is 9.59 Å². The fourth-order valence-corrected chi connectivity index (χ4v) is 1.97. The number of alkyl carbamates (subject to hydrolysis) is 1. The maximum Gasteiger partial charge on any atom is 0.411 e. The average molecular weight is 293 g/mol. The van der Waals surface area contributed by atoms with Crippen molar-refractivity contribution in [1.82, 2.24) is 10.2 Å². The molecule has 1 saturated heterocycles. The van der Waals surface area contributed by atoms with Crippen LogP contribution in [0.4, 0.5) is 9.59 Å². The largest absolute Gasteiger partial charge is 0.444 e. The van der Waals surface area contributed by atoms with Crippen molar-refractivity contribution in [1.29, 1.82) is 0 Å². The first-order valence-corrected chi connectivity index (χ1v) is 6.82. The number of nitrogens with one attached hydrogen (secondary N) is 1. The molecule has 1 rings (SSSR count). The smallest absolute Gasteiger partial charge is 0.411 e. The number of likely N-dealkylation sites (tertiary alicyclic amines) is 1. The normalized spacial score (nSPS) is 19.8. The number of ether oxygens (including phenoxy) is 2. The van der Waals surface area contributed by atoms with E-state index in [1.54, 1.807) is 20.8 Å². The van der Waals surface area contributed by atoms with Crippen LogP contribution in [0.5, 0.6) is 0 Å². The molecule has 6 nitrogen and oxygen atoms in total. The molecule has 110 valence electrons. The van der Waals surface area contributed by atoms with Crippen molar-refractivity contribution in [3.63, 3.8) is 0 Å². The first-order chi connectivity index (χ1) is 8.81. The zero-order chi connectivity index (χ0) is 14.5. The first-order valence-electron chi connectivity index (χ1n) is 6.29. The van der Waals surface area contributed by atoms with Crippen LogP contribution in [0, 0.1) is 0 Å². The second-order valence-corrected chi connectivity index (χ2v) is 5.67. The van der Waals surface area contributed by atoms with E-state index in [0.717, 1.165) is 12.8 Å². The van der Waals surface area contributed by atoms with E-state index in [4.69, 9.17) is 21.1 Å². The number of hydrogen-bond acceptors (Lipinski definition) is 4. The number of amides is 2. The van der Waals surface area contributed by atoms with Crippen LogP contribution in [0.15, 0.2) is 0 Å². The molecule has 1 aliphatic rings. The number of halogens is 1. The van der Waals surface area contributed by atoms with Crippen LogP contribution in [0.3, 0.4) is 0 Å². The summed E-state index contributed by atoms with van der Waals surface area (Å²) in [7, 11) is 0. The maximum absolute atomic E-state index is 11.6. The molecule has 0 aromatic carbocycles. The van der Waals surface area contributed by atoms with Gasteiger partial charge in [0.1, 0.15) is 5.60 Å². The molecule has 1 fully saturated rings. The lowest BCUT2D eigenvalue weighted by Crippen LogP contribution is -2.50. The molecule has 0 aromatic rings. The van der Waals surface area contributed by atoms with E-state index < -0.39 is 17.8 Å². The zero-order valence-corrected chi connectivity index (χ0v) is 12.3. The van der Waals surface area contributed by atoms with Gasteiger partial charge in [-0.15, -0.1) is 0 Å². The van der Waals surface area contributed by atoms with Gasteiger partial charge >= 0.3 is 12.2 Å². The third-order valence-corrected chi connectivity index (χ3v) is 2.69. The van der Waals surface area contributed by atoms with Crippen LogP contribution in [0.2, 0.25) is 0 Å². The molecule has 0 spiro atoms. The predicted molar refractivity (Wildman–Crippen MR) is 71.2 cm³/mol. The fraction of sp³-hybridized carbons (Fsp3) is 0.833. The molecule has 0 saturated carbocycles. The summed E-state index contributed by atoms with van der Waals surface area (Å²) in [5.41, 5.74) is -0.532. The summed E-state index contributed by atoms with van der Waals surface area (Å²) in [5.74, 6) is 0. The monoisotopic (exact) mass is 292 g/mol. The number of rotatable bonds is 2. The second-order valence-electron chi connectivity index (χ2n) is 5.45. The van der Waals surface area contributed by atoms with Gasteiger partial charge in [0.05, 0.1) is 0 Å². The number of carbonyl (C=O) groups excluding carboxylic acids is 2. The molecule has 1 unspecified atom stereocenters. The van der Waals surface area contributed by atoms with Gasteiger partial charge in [0.2, 0.25) is 0 Å². The molecule has 19 heavy (non-hydrogen) atoms. The summed E-state index contributed by atoms with van der Waals surface area (Å²) in [4.78, 5) is 24.7. The Bertz CT molecular complexity index is 330. The van der Waals surface area contributed by atoms with E-state index in [0.29, 0.717) is 13.1 Å². The Morgan fingerprint density at radius 2 is 2.11 bits per heavy atom. The fourth-order valence-electron chi connectivity index (χ4n) is 1.87. The number of hydrogen-bond donors (Lipinski definition) is 1. The van der Waals surface area contributed by atoms with E-state index >= 15 is 0 Å². The lowest BCUT2D eigenvalue weighted by atomic mass is 10.1. The molecule has 1 aliphatic heterocycles. The van der Waals surface area contributed by atoms with Gasteiger partial charge < -0.3 is 19.7 Å². The van der Waals surface area contributed by atoms with E-state index in [1.807, 2.05) is 0 Å². The maximum atomic E-state index is 11.6. The van der Waals surface area contributed by atoms with Crippen LogP contribution in [-0.2, 0) is 9.47 Å². The second kappa shape index (κ2) is 6.84. The van der Waals surface area contributed by atoms with Gasteiger partial charge in [0.15, 0.2) is 6.07 Å². The minimum absolute atomic E-state index is 0.119. The third-order valence-electron chi connectivity index (χ3n) is 2.58. The Balaban J connectivity index is 2.42. The Morgan fingerprint density at radius 1 is 1.42 bits per heavy atom. The van der Waals surface area contributed by atoms with Gasteiger partial charge in [0, 0.05) is 19.1 Å². The van der Waals surface area contributed by atoms with E-state index in [1.165, 1.54) is 4.90 Å². The number of piperidine rings is 1. The quantitative estimate of drug-likeness (QED) is 0.793. The van der Waals surface area contributed by atoms with Gasteiger partial charge in [-0.1, -0.05) is 11.6 Å². The van der Waals surface area contributed by atoms with Crippen LogP contribution in [0.25, 0.3) is 0 Å². The Labute approximate surface area is 118 Å². The van der Waals surface area contributed by atoms with Gasteiger partial charge in [0.25, 0.3) is 0 Å². The molecule has 2 amide bonds. The van der Waals surface area contributed by atoms with Crippen molar-refractivity contribution >= 4 is 23.8 Å². The highest BCUT2D eigenvalue weighted by atomic mass is 35.5. The Morgan fingerprint density at radius 3 is 2.68 bits per heavy atom. The summed E-state index contributed by atoms with van der Waals surface area (Å²) in [6.45, 7) is 6.43. The number of nitrogens with zero attached hydrogens (tertiary/aromatic N) is 1. The summed E-state index contributed by atoms with van der Waals surface area (Å²) in [6.07, 6.45) is 0.692. The highest BCUT2D eigenvalue weighted by Crippen LogP contribution is 2.13. The van der Waals surface area contributed by atoms with Crippen LogP contribution in [-0.4, -0.2) is 47.9 Å². The SMILES string of the molecule is CC(C)(C)OC(=O)NC1CCCN(C(=O)OCCl)C1. The van der Waals surface area contributed by atoms with Gasteiger partial charge in [-0.05, 0) is 33.6 Å². The summed E-state index contributed by atoms with van der Waals surface area (Å²) < 4.78 is 9.90. The minimum atomic E-state index is -0.532. The molecule has 1 heterocycles. The molecule has 0 radical (unpaired) electrons. The molecule has 1 N–H and O–H groups in total. The summed E-state index contributed by atoms with van der Waals surface area (Å²) in [6, 6.07) is -0.286. The molecule has 7 heteroatoms. The highest BCUT2D eigenvalue weighted by Gasteiger charge is 2.27. The van der Waals surface area contributed by atoms with Crippen molar-refractivity contribution < 1.29 is 19.1 Å². The Kier molecular flexibility index (Phi) is 5.72. The highest BCUT2D eigenvalue weighted by molar-refractivity contribution is 6.17. The summed E-state index contributed by atoms with van der Waals surface area (Å²) >= 11 is 5.35. The van der Waals surface area contributed by atoms with Crippen molar-refractivity contribution in [2.45, 2.75) is 45.3 Å². The van der Waals surface area contributed by atoms with Crippen LogP contribution >= 0.6 is 11.6 Å². The topological polar surface area (TPSA) is 67.9 Å². The van der Waals surface area contributed by atoms with E-state index in [9.17, 15) is 9.59 Å². The van der Waals surface area contributed by atoms with Crippen molar-refractivity contribution in [2.24, 2.45) is 0 Å². The lowest BCUT2D eigenvalue weighted by Gasteiger charge is -2.32. The van der Waals surface area contributed by atoms with E-state index in [-0.39, 0.29) is 12.1 Å². The molecule has 0 aliphatic carbocycles. The van der Waals surface area contributed by atoms with Gasteiger partial charge in [-0.3, -0.25) is 0 Å². The summed E-state index contributed by atoms with van der Waals surface area (Å²) in [5, 5.41) is 2.76. The first kappa shape index (κ1) is 15.9. The van der Waals surface area contributed by atoms with Crippen LogP contribution in [0.1, 0.15) is 33.6 Å². The third kappa shape index (κ3) is 6.00. The predicted octanol–water partition coefficient (Wildman–Crippen LogP) is 2.31. The standard InChI is InChI=1S/C12H21ClN2O4/c1-12(2,3)19-10(16)14-9-5-4-6-15(7-9)11(17)18-8-13/h9H,4-8H2,1-3H3,(H,14,16). The molecular formula is C12H21ClN2O4. The van der Waals surface area contributed by atoms with Crippen molar-refractivity contribution in [2.75, 3.05) is 19.2 Å². The van der Waals surface area contributed by atoms with Gasteiger partial charge in [-0.2, -0.15) is 0 Å². The minimum Gasteiger partial charge on any atom is -0.444 e. The molecule has 0 bridgehead atoms. The van der Waals surface area contributed by atoms with Crippen molar-refractivity contribution in [3.8, 4) is 0 Å². The number of carbonyl (C=O) groups is 2. The number of alkyl halides is 1.